The van der Waals surface area contributed by atoms with Gasteiger partial charge in [-0.05, 0) is 105 Å². The van der Waals surface area contributed by atoms with Crippen molar-refractivity contribution in [3.63, 3.8) is 0 Å². The predicted molar refractivity (Wildman–Crippen MR) is 173 cm³/mol. The molecule has 2 bridgehead atoms. The van der Waals surface area contributed by atoms with Crippen LogP contribution in [0.5, 0.6) is 5.75 Å². The molecule has 1 saturated carbocycles. The van der Waals surface area contributed by atoms with Crippen molar-refractivity contribution in [2.24, 2.45) is 17.8 Å². The van der Waals surface area contributed by atoms with E-state index in [1.54, 1.807) is 32.2 Å². The van der Waals surface area contributed by atoms with Crippen LogP contribution in [0.2, 0.25) is 5.02 Å². The fraction of sp³-hybridized carbons (Fsp3) is 0.529. The summed E-state index contributed by atoms with van der Waals surface area (Å²) in [6, 6.07) is 11.0. The minimum atomic E-state index is -3.97. The van der Waals surface area contributed by atoms with Gasteiger partial charge < -0.3 is 19.2 Å². The molecule has 10 heteroatoms. The van der Waals surface area contributed by atoms with Crippen molar-refractivity contribution < 1.29 is 27.5 Å². The van der Waals surface area contributed by atoms with Crippen LogP contribution in [0.25, 0.3) is 0 Å². The Morgan fingerprint density at radius 1 is 1.14 bits per heavy atom. The highest BCUT2D eigenvalue weighted by molar-refractivity contribution is 7.90. The Labute approximate surface area is 266 Å². The third-order valence-electron chi connectivity index (χ3n) is 9.95. The summed E-state index contributed by atoms with van der Waals surface area (Å²) in [7, 11) is -2.31. The van der Waals surface area contributed by atoms with E-state index < -0.39 is 26.8 Å². The van der Waals surface area contributed by atoms with Crippen molar-refractivity contribution in [3.8, 4) is 5.75 Å². The molecule has 0 spiro atoms. The van der Waals surface area contributed by atoms with Gasteiger partial charge >= 0.3 is 0 Å². The number of methoxy groups -OCH3 is 1. The highest BCUT2D eigenvalue weighted by Crippen LogP contribution is 2.47. The maximum absolute atomic E-state index is 13.4. The highest BCUT2D eigenvalue weighted by Gasteiger charge is 2.47. The van der Waals surface area contributed by atoms with E-state index in [1.165, 1.54) is 0 Å². The molecule has 1 N–H and O–H groups in total. The van der Waals surface area contributed by atoms with E-state index >= 15 is 0 Å². The van der Waals surface area contributed by atoms with E-state index in [2.05, 4.69) is 9.62 Å². The molecule has 2 aromatic carbocycles. The molecule has 0 radical (unpaired) electrons. The summed E-state index contributed by atoms with van der Waals surface area (Å²) in [5.74, 6) is 0.0440. The van der Waals surface area contributed by atoms with Crippen molar-refractivity contribution in [1.29, 1.82) is 0 Å². The number of hydrogen-bond donors (Lipinski definition) is 1. The molecule has 44 heavy (non-hydrogen) atoms. The largest absolute Gasteiger partial charge is 0.487 e. The molecule has 238 valence electrons. The average Bonchev–Trinajstić information content (AvgIpc) is 3.01. The number of allylic oxidation sites excluding steroid dienone is 1. The van der Waals surface area contributed by atoms with Crippen LogP contribution in [0.1, 0.15) is 73.9 Å². The topological polar surface area (TPSA) is 102 Å². The molecule has 5 atom stereocenters. The quantitative estimate of drug-likeness (QED) is 0.319. The lowest BCUT2D eigenvalue weighted by Gasteiger charge is -2.49. The monoisotopic (exact) mass is 642 g/mol. The first-order chi connectivity index (χ1) is 21.1. The minimum absolute atomic E-state index is 0.110. The number of carbonyl (C=O) groups excluding carboxylic acids is 2. The van der Waals surface area contributed by atoms with Crippen LogP contribution in [-0.2, 0) is 32.6 Å². The molecule has 2 heterocycles. The highest BCUT2D eigenvalue weighted by atomic mass is 35.5. The molecule has 0 unspecified atom stereocenters. The summed E-state index contributed by atoms with van der Waals surface area (Å²) < 4.78 is 41.4. The molecule has 1 amide bonds. The van der Waals surface area contributed by atoms with Crippen LogP contribution in [0.4, 0.5) is 5.69 Å². The van der Waals surface area contributed by atoms with E-state index in [1.807, 2.05) is 37.3 Å². The molecule has 5 rings (SSSR count). The second-order valence-electron chi connectivity index (χ2n) is 12.6. The lowest BCUT2D eigenvalue weighted by Crippen LogP contribution is -2.51. The number of nitrogens with zero attached hydrogens (tertiary/aromatic N) is 1. The lowest BCUT2D eigenvalue weighted by atomic mass is 9.63. The fourth-order valence-electron chi connectivity index (χ4n) is 6.83. The molecule has 0 saturated heterocycles. The molecule has 1 fully saturated rings. The minimum Gasteiger partial charge on any atom is -0.487 e. The second kappa shape index (κ2) is 13.6. The number of hydrogen-bond acceptors (Lipinski definition) is 7. The number of fused-ring (bicyclic) bond motifs is 3. The molecular formula is C34H43ClN2O6S. The number of halogens is 1. The Morgan fingerprint density at radius 3 is 2.68 bits per heavy atom. The number of carbonyl (C=O) groups is 2. The lowest BCUT2D eigenvalue weighted by molar-refractivity contribution is -0.120. The summed E-state index contributed by atoms with van der Waals surface area (Å²) in [6.07, 6.45) is 10.1. The number of amides is 1. The third-order valence-corrected chi connectivity index (χ3v) is 12.1. The van der Waals surface area contributed by atoms with Gasteiger partial charge in [0.2, 0.25) is 10.0 Å². The number of anilines is 1. The SMILES string of the molecule is CO[C@@]1(CC=O)/C=C/C[C@H](C)[C@@H](C)S(=O)(=O)NC(=O)c2ccc3c(c2)N(CCCCc2cc(Cl)ccc2CO3)C[C@@H]2CC[C@H]21. The van der Waals surface area contributed by atoms with Gasteiger partial charge in [-0.2, -0.15) is 0 Å². The standard InChI is InChI=1S/C34H43ClN2O6S/c1-23-7-6-15-34(42-3,16-18-38)30-13-10-27(30)21-37-17-5-4-8-25-19-29(35)12-9-28(25)22-43-32-14-11-26(20-31(32)37)33(39)36-44(40,41)24(23)2/h6,9,11-12,14-15,18-20,23-24,27,30H,4-5,7-8,10,13,16-17,21-22H2,1-3H3,(H,36,39)/b15-6+/t23-,24+,27-,30+,34+/m0/s1. The van der Waals surface area contributed by atoms with E-state index in [4.69, 9.17) is 21.1 Å². The molecule has 2 aromatic rings. The van der Waals surface area contributed by atoms with Crippen LogP contribution in [0.3, 0.4) is 0 Å². The van der Waals surface area contributed by atoms with Gasteiger partial charge in [-0.3, -0.25) is 4.79 Å². The van der Waals surface area contributed by atoms with Crippen molar-refractivity contribution in [3.05, 3.63) is 70.3 Å². The summed E-state index contributed by atoms with van der Waals surface area (Å²) in [5.41, 5.74) is 2.46. The van der Waals surface area contributed by atoms with Crippen molar-refractivity contribution in [1.82, 2.24) is 4.72 Å². The number of aryl methyl sites for hydroxylation is 1. The Kier molecular flexibility index (Phi) is 10.1. The summed E-state index contributed by atoms with van der Waals surface area (Å²) in [6.45, 7) is 5.21. The van der Waals surface area contributed by atoms with Gasteiger partial charge in [-0.1, -0.05) is 36.7 Å². The van der Waals surface area contributed by atoms with E-state index in [9.17, 15) is 18.0 Å². The number of rotatable bonds is 3. The van der Waals surface area contributed by atoms with Gasteiger partial charge in [0.25, 0.3) is 5.91 Å². The first-order valence-corrected chi connectivity index (χ1v) is 17.5. The zero-order chi connectivity index (χ0) is 31.5. The summed E-state index contributed by atoms with van der Waals surface area (Å²) >= 11 is 6.32. The number of sulfonamides is 1. The van der Waals surface area contributed by atoms with Crippen LogP contribution in [0, 0.1) is 17.8 Å². The van der Waals surface area contributed by atoms with Crippen LogP contribution >= 0.6 is 11.6 Å². The molecule has 0 aromatic heterocycles. The van der Waals surface area contributed by atoms with Gasteiger partial charge in [0.1, 0.15) is 18.6 Å². The Morgan fingerprint density at radius 2 is 1.95 bits per heavy atom. The summed E-state index contributed by atoms with van der Waals surface area (Å²) in [4.78, 5) is 27.6. The molecule has 3 aliphatic rings. The van der Waals surface area contributed by atoms with Crippen molar-refractivity contribution in [2.75, 3.05) is 25.1 Å². The molecular weight excluding hydrogens is 600 g/mol. The maximum atomic E-state index is 13.4. The Balaban J connectivity index is 1.58. The molecule has 1 aliphatic carbocycles. The van der Waals surface area contributed by atoms with Gasteiger partial charge in [0.05, 0.1) is 16.5 Å². The fourth-order valence-corrected chi connectivity index (χ4v) is 8.31. The summed E-state index contributed by atoms with van der Waals surface area (Å²) in [5, 5.41) is -0.127. The zero-order valence-corrected chi connectivity index (χ0v) is 27.3. The van der Waals surface area contributed by atoms with E-state index in [-0.39, 0.29) is 29.7 Å². The normalized spacial score (nSPS) is 29.8. The number of aldehydes is 1. The van der Waals surface area contributed by atoms with Crippen LogP contribution < -0.4 is 14.4 Å². The van der Waals surface area contributed by atoms with Gasteiger partial charge in [-0.25, -0.2) is 13.1 Å². The smallest absolute Gasteiger partial charge is 0.264 e. The van der Waals surface area contributed by atoms with Crippen LogP contribution in [0.15, 0.2) is 48.6 Å². The number of nitrogens with one attached hydrogen (secondary N) is 1. The van der Waals surface area contributed by atoms with Gasteiger partial charge in [0, 0.05) is 37.2 Å². The van der Waals surface area contributed by atoms with E-state index in [0.717, 1.165) is 61.7 Å². The number of ether oxygens (including phenoxy) is 2. The zero-order valence-electron chi connectivity index (χ0n) is 25.8. The predicted octanol–water partition coefficient (Wildman–Crippen LogP) is 6.11. The average molecular weight is 643 g/mol. The molecule has 2 aliphatic heterocycles. The van der Waals surface area contributed by atoms with E-state index in [0.29, 0.717) is 30.3 Å². The first kappa shape index (κ1) is 32.5. The van der Waals surface area contributed by atoms with Gasteiger partial charge in [-0.15, -0.1) is 0 Å². The van der Waals surface area contributed by atoms with Crippen LogP contribution in [-0.4, -0.2) is 51.7 Å². The molecule has 8 nitrogen and oxygen atoms in total. The third kappa shape index (κ3) is 6.85. The van der Waals surface area contributed by atoms with Crippen molar-refractivity contribution >= 4 is 39.5 Å². The Bertz CT molecular complexity index is 1510. The van der Waals surface area contributed by atoms with Gasteiger partial charge in [0.15, 0.2) is 0 Å². The maximum Gasteiger partial charge on any atom is 0.264 e. The number of benzene rings is 2. The van der Waals surface area contributed by atoms with Crippen molar-refractivity contribution in [2.45, 2.75) is 76.3 Å². The first-order valence-electron chi connectivity index (χ1n) is 15.6. The Hall–Kier alpha value is -2.88. The second-order valence-corrected chi connectivity index (χ2v) is 15.0.